The van der Waals surface area contributed by atoms with Crippen molar-refractivity contribution in [3.05, 3.63) is 53.3 Å². The number of fused-ring (bicyclic) bond motifs is 1. The Balaban J connectivity index is 1.48. The van der Waals surface area contributed by atoms with E-state index >= 15 is 0 Å². The van der Waals surface area contributed by atoms with Gasteiger partial charge in [0.2, 0.25) is 11.8 Å². The third kappa shape index (κ3) is 4.09. The lowest BCUT2D eigenvalue weighted by molar-refractivity contribution is 0.219. The van der Waals surface area contributed by atoms with Gasteiger partial charge in [0, 0.05) is 29.9 Å². The number of benzene rings is 1. The van der Waals surface area contributed by atoms with E-state index < -0.39 is 5.41 Å². The lowest BCUT2D eigenvalue weighted by atomic mass is 9.83. The number of hydrogen-bond donors (Lipinski definition) is 3. The van der Waals surface area contributed by atoms with Gasteiger partial charge in [0.15, 0.2) is 0 Å². The lowest BCUT2D eigenvalue weighted by Crippen LogP contribution is -2.28. The predicted molar refractivity (Wildman–Crippen MR) is 126 cm³/mol. The largest absolute Gasteiger partial charge is 0.476 e. The fourth-order valence-corrected chi connectivity index (χ4v) is 3.96. The molecule has 0 saturated heterocycles. The number of aliphatic hydroxyl groups excluding tert-OH is 1. The molecule has 34 heavy (non-hydrogen) atoms. The van der Waals surface area contributed by atoms with Crippen LogP contribution in [0.25, 0.3) is 11.3 Å². The van der Waals surface area contributed by atoms with Gasteiger partial charge in [0.1, 0.15) is 17.8 Å². The summed E-state index contributed by atoms with van der Waals surface area (Å²) in [4.78, 5) is 13.2. The number of nitriles is 2. The average molecular weight is 454 g/mol. The molecule has 9 heteroatoms. The number of anilines is 3. The molecule has 0 amide bonds. The number of hydrogen-bond acceptors (Lipinski definition) is 9. The minimum absolute atomic E-state index is 0.0379. The topological polar surface area (TPSA) is 140 Å². The number of aliphatic hydroxyl groups is 1. The van der Waals surface area contributed by atoms with Crippen molar-refractivity contribution in [1.82, 2.24) is 15.0 Å². The van der Waals surface area contributed by atoms with Crippen LogP contribution >= 0.6 is 0 Å². The lowest BCUT2D eigenvalue weighted by Gasteiger charge is -2.21. The molecule has 3 aromatic rings. The van der Waals surface area contributed by atoms with Crippen LogP contribution < -0.4 is 15.4 Å². The Bertz CT molecular complexity index is 1340. The molecular weight excluding hydrogens is 430 g/mol. The molecule has 1 fully saturated rings. The van der Waals surface area contributed by atoms with E-state index in [1.165, 1.54) is 6.20 Å². The highest BCUT2D eigenvalue weighted by Crippen LogP contribution is 2.41. The number of ether oxygens (including phenoxy) is 1. The van der Waals surface area contributed by atoms with Gasteiger partial charge in [-0.2, -0.15) is 10.5 Å². The van der Waals surface area contributed by atoms with Crippen molar-refractivity contribution in [2.75, 3.05) is 30.4 Å². The summed E-state index contributed by atoms with van der Waals surface area (Å²) in [5.74, 6) is 1.26. The second-order valence-corrected chi connectivity index (χ2v) is 8.96. The number of pyridine rings is 1. The van der Waals surface area contributed by atoms with Gasteiger partial charge in [-0.05, 0) is 48.6 Å². The standard InChI is InChI=1S/C25H23N7O2/c1-25(14-33)13-30-22-18(10-27)7-17(8-19(22)25)20-4-5-28-24(31-20)32-21-6-16(9-26)11-29-23(21)34-12-15-2-3-15/h4-8,11,15,30,33H,2-3,12-14H2,1H3,(H,28,31,32)/t25-/m1/s1. The number of rotatable bonds is 7. The molecule has 1 aliphatic carbocycles. The molecule has 0 radical (unpaired) electrons. The molecule has 2 aliphatic rings. The van der Waals surface area contributed by atoms with Gasteiger partial charge in [-0.1, -0.05) is 6.92 Å². The minimum atomic E-state index is -0.484. The molecule has 0 spiro atoms. The second kappa shape index (κ2) is 8.62. The van der Waals surface area contributed by atoms with Crippen LogP contribution in [-0.2, 0) is 5.41 Å². The van der Waals surface area contributed by atoms with Crippen LogP contribution in [0.15, 0.2) is 36.7 Å². The van der Waals surface area contributed by atoms with Gasteiger partial charge < -0.3 is 20.5 Å². The highest BCUT2D eigenvalue weighted by Gasteiger charge is 2.36. The van der Waals surface area contributed by atoms with Crippen LogP contribution in [-0.4, -0.2) is 39.8 Å². The first-order valence-electron chi connectivity index (χ1n) is 11.1. The van der Waals surface area contributed by atoms with Gasteiger partial charge in [-0.3, -0.25) is 0 Å². The van der Waals surface area contributed by atoms with Crippen molar-refractivity contribution in [3.63, 3.8) is 0 Å². The molecule has 0 unspecified atom stereocenters. The van der Waals surface area contributed by atoms with Gasteiger partial charge in [-0.25, -0.2) is 15.0 Å². The molecule has 1 saturated carbocycles. The van der Waals surface area contributed by atoms with E-state index in [4.69, 9.17) is 4.74 Å². The Morgan fingerprint density at radius 2 is 2.09 bits per heavy atom. The van der Waals surface area contributed by atoms with Gasteiger partial charge in [0.05, 0.1) is 35.7 Å². The zero-order valence-corrected chi connectivity index (χ0v) is 18.7. The fourth-order valence-electron chi connectivity index (χ4n) is 3.96. The van der Waals surface area contributed by atoms with Crippen LogP contribution in [0, 0.1) is 28.6 Å². The maximum Gasteiger partial charge on any atom is 0.237 e. The zero-order chi connectivity index (χ0) is 23.7. The van der Waals surface area contributed by atoms with E-state index in [2.05, 4.69) is 37.7 Å². The second-order valence-electron chi connectivity index (χ2n) is 8.96. The van der Waals surface area contributed by atoms with Crippen molar-refractivity contribution in [2.45, 2.75) is 25.2 Å². The number of nitrogens with zero attached hydrogens (tertiary/aromatic N) is 5. The quantitative estimate of drug-likeness (QED) is 0.490. The molecular formula is C25H23N7O2. The zero-order valence-electron chi connectivity index (χ0n) is 18.7. The molecule has 0 bridgehead atoms. The monoisotopic (exact) mass is 453 g/mol. The van der Waals surface area contributed by atoms with Gasteiger partial charge >= 0.3 is 0 Å². The molecule has 1 aliphatic heterocycles. The summed E-state index contributed by atoms with van der Waals surface area (Å²) < 4.78 is 5.86. The van der Waals surface area contributed by atoms with E-state index in [-0.39, 0.29) is 6.61 Å². The summed E-state index contributed by atoms with van der Waals surface area (Å²) in [7, 11) is 0. The van der Waals surface area contributed by atoms with Gasteiger partial charge in [0.25, 0.3) is 0 Å². The van der Waals surface area contributed by atoms with E-state index in [1.807, 2.05) is 13.0 Å². The Morgan fingerprint density at radius 1 is 1.24 bits per heavy atom. The summed E-state index contributed by atoms with van der Waals surface area (Å²) in [6.45, 7) is 3.06. The minimum Gasteiger partial charge on any atom is -0.476 e. The first kappa shape index (κ1) is 21.6. The molecule has 3 N–H and O–H groups in total. The smallest absolute Gasteiger partial charge is 0.237 e. The highest BCUT2D eigenvalue weighted by molar-refractivity contribution is 5.76. The van der Waals surface area contributed by atoms with Crippen LogP contribution in [0.4, 0.5) is 17.3 Å². The van der Waals surface area contributed by atoms with E-state index in [0.717, 1.165) is 29.7 Å². The summed E-state index contributed by atoms with van der Waals surface area (Å²) in [6, 6.07) is 11.5. The Hall–Kier alpha value is -4.21. The van der Waals surface area contributed by atoms with Crippen LogP contribution in [0.1, 0.15) is 36.5 Å². The highest BCUT2D eigenvalue weighted by atomic mass is 16.5. The maximum absolute atomic E-state index is 9.96. The molecule has 170 valence electrons. The normalized spacial score (nSPS) is 18.4. The molecule has 9 nitrogen and oxygen atoms in total. The summed E-state index contributed by atoms with van der Waals surface area (Å²) in [5.41, 5.74) is 3.94. The van der Waals surface area contributed by atoms with Crippen LogP contribution in [0.5, 0.6) is 5.88 Å². The predicted octanol–water partition coefficient (Wildman–Crippen LogP) is 3.49. The van der Waals surface area contributed by atoms with Crippen molar-refractivity contribution >= 4 is 17.3 Å². The maximum atomic E-state index is 9.96. The molecule has 5 rings (SSSR count). The molecule has 3 heterocycles. The third-order valence-electron chi connectivity index (χ3n) is 6.24. The first-order valence-corrected chi connectivity index (χ1v) is 11.1. The summed E-state index contributed by atoms with van der Waals surface area (Å²) in [6.07, 6.45) is 5.41. The van der Waals surface area contributed by atoms with Crippen molar-refractivity contribution in [3.8, 4) is 29.3 Å². The van der Waals surface area contributed by atoms with Crippen molar-refractivity contribution in [1.29, 1.82) is 10.5 Å². The number of nitrogens with one attached hydrogen (secondary N) is 2. The third-order valence-corrected chi connectivity index (χ3v) is 6.24. The Kier molecular flexibility index (Phi) is 5.48. The summed E-state index contributed by atoms with van der Waals surface area (Å²) >= 11 is 0. The number of aromatic nitrogens is 3. The summed E-state index contributed by atoms with van der Waals surface area (Å²) in [5, 5.41) is 35.3. The van der Waals surface area contributed by atoms with Crippen LogP contribution in [0.3, 0.4) is 0 Å². The fraction of sp³-hybridized carbons (Fsp3) is 0.320. The molecule has 1 aromatic carbocycles. The van der Waals surface area contributed by atoms with E-state index in [1.54, 1.807) is 24.4 Å². The molecule has 1 atom stereocenters. The SMILES string of the molecule is C[C@]1(CO)CNc2c(C#N)cc(-c3ccnc(Nc4cc(C#N)cnc4OCC4CC4)n3)cc21. The van der Waals surface area contributed by atoms with Crippen molar-refractivity contribution in [2.24, 2.45) is 5.92 Å². The van der Waals surface area contributed by atoms with Crippen LogP contribution in [0.2, 0.25) is 0 Å². The Morgan fingerprint density at radius 3 is 2.82 bits per heavy atom. The van der Waals surface area contributed by atoms with E-state index in [0.29, 0.717) is 53.4 Å². The molecule has 2 aromatic heterocycles. The average Bonchev–Trinajstić information content (AvgIpc) is 3.64. The van der Waals surface area contributed by atoms with E-state index in [9.17, 15) is 15.6 Å². The van der Waals surface area contributed by atoms with Crippen molar-refractivity contribution < 1.29 is 9.84 Å². The Labute approximate surface area is 197 Å². The first-order chi connectivity index (χ1) is 16.5. The van der Waals surface area contributed by atoms with Gasteiger partial charge in [-0.15, -0.1) is 0 Å².